The fourth-order valence-corrected chi connectivity index (χ4v) is 2.31. The highest BCUT2D eigenvalue weighted by molar-refractivity contribution is 6.42. The summed E-state index contributed by atoms with van der Waals surface area (Å²) in [5, 5.41) is 1.41. The number of rotatable bonds is 4. The van der Waals surface area contributed by atoms with E-state index in [0.29, 0.717) is 33.0 Å². The van der Waals surface area contributed by atoms with Crippen molar-refractivity contribution in [3.05, 3.63) is 57.0 Å². The first kappa shape index (κ1) is 15.5. The molecule has 0 heterocycles. The summed E-state index contributed by atoms with van der Waals surface area (Å²) >= 11 is 18.1. The van der Waals surface area contributed by atoms with Gasteiger partial charge in [0.05, 0.1) is 5.02 Å². The van der Waals surface area contributed by atoms with Crippen molar-refractivity contribution in [3.8, 4) is 11.5 Å². The van der Waals surface area contributed by atoms with Gasteiger partial charge in [0.15, 0.2) is 0 Å². The van der Waals surface area contributed by atoms with Gasteiger partial charge in [-0.1, -0.05) is 46.9 Å². The summed E-state index contributed by atoms with van der Waals surface area (Å²) in [5.74, 6) is 1.13. The summed E-state index contributed by atoms with van der Waals surface area (Å²) < 4.78 is 5.85. The first-order valence-corrected chi connectivity index (χ1v) is 7.26. The quantitative estimate of drug-likeness (QED) is 0.822. The zero-order valence-corrected chi connectivity index (χ0v) is 13.1. The van der Waals surface area contributed by atoms with Crippen LogP contribution in [0, 0.1) is 0 Å². The van der Waals surface area contributed by atoms with Crippen molar-refractivity contribution in [2.75, 3.05) is 0 Å². The van der Waals surface area contributed by atoms with Gasteiger partial charge in [0.2, 0.25) is 0 Å². The molecule has 0 aliphatic carbocycles. The lowest BCUT2D eigenvalue weighted by Crippen LogP contribution is -2.18. The van der Waals surface area contributed by atoms with Crippen LogP contribution in [0.15, 0.2) is 36.4 Å². The Kier molecular flexibility index (Phi) is 5.17. The van der Waals surface area contributed by atoms with Crippen LogP contribution in [0.25, 0.3) is 0 Å². The second-order valence-corrected chi connectivity index (χ2v) is 5.81. The van der Waals surface area contributed by atoms with Crippen LogP contribution in [-0.2, 0) is 6.42 Å². The Hall–Kier alpha value is -0.930. The molecule has 0 radical (unpaired) electrons. The van der Waals surface area contributed by atoms with Crippen LogP contribution in [0.1, 0.15) is 12.5 Å². The lowest BCUT2D eigenvalue weighted by atomic mass is 10.1. The molecule has 0 saturated heterocycles. The number of hydrogen-bond donors (Lipinski definition) is 1. The highest BCUT2D eigenvalue weighted by Crippen LogP contribution is 2.36. The van der Waals surface area contributed by atoms with Crippen molar-refractivity contribution in [1.82, 2.24) is 0 Å². The van der Waals surface area contributed by atoms with Crippen molar-refractivity contribution >= 4 is 34.8 Å². The fourth-order valence-electron chi connectivity index (χ4n) is 1.82. The lowest BCUT2D eigenvalue weighted by Gasteiger charge is -2.14. The maximum absolute atomic E-state index is 6.13. The summed E-state index contributed by atoms with van der Waals surface area (Å²) in [7, 11) is 0. The highest BCUT2D eigenvalue weighted by Gasteiger charge is 2.11. The molecule has 0 fully saturated rings. The second kappa shape index (κ2) is 6.68. The Morgan fingerprint density at radius 3 is 2.55 bits per heavy atom. The summed E-state index contributed by atoms with van der Waals surface area (Å²) in [6.07, 6.45) is 0.685. The van der Waals surface area contributed by atoms with E-state index >= 15 is 0 Å². The molecule has 2 nitrogen and oxygen atoms in total. The molecule has 0 saturated carbocycles. The van der Waals surface area contributed by atoms with Gasteiger partial charge in [-0.3, -0.25) is 0 Å². The molecule has 20 heavy (non-hydrogen) atoms. The molecule has 1 atom stereocenters. The maximum Gasteiger partial charge on any atom is 0.147 e. The summed E-state index contributed by atoms with van der Waals surface area (Å²) in [6, 6.07) is 10.7. The first-order chi connectivity index (χ1) is 9.47. The molecule has 2 aromatic carbocycles. The van der Waals surface area contributed by atoms with Gasteiger partial charge in [-0.2, -0.15) is 0 Å². The molecule has 2 aromatic rings. The fraction of sp³-hybridized carbons (Fsp3) is 0.200. The molecular weight excluding hydrogens is 317 g/mol. The summed E-state index contributed by atoms with van der Waals surface area (Å²) in [5.41, 5.74) is 6.82. The van der Waals surface area contributed by atoms with Crippen LogP contribution < -0.4 is 10.5 Å². The third kappa shape index (κ3) is 3.80. The minimum absolute atomic E-state index is 0.0216. The average Bonchev–Trinajstić information content (AvgIpc) is 2.38. The Bertz CT molecular complexity index is 614. The molecule has 0 bridgehead atoms. The van der Waals surface area contributed by atoms with Gasteiger partial charge in [-0.25, -0.2) is 0 Å². The molecule has 0 amide bonds. The topological polar surface area (TPSA) is 35.2 Å². The van der Waals surface area contributed by atoms with Gasteiger partial charge >= 0.3 is 0 Å². The van der Waals surface area contributed by atoms with E-state index in [4.69, 9.17) is 45.3 Å². The van der Waals surface area contributed by atoms with Crippen LogP contribution in [0.2, 0.25) is 15.1 Å². The molecule has 0 aliphatic heterocycles. The first-order valence-electron chi connectivity index (χ1n) is 6.13. The van der Waals surface area contributed by atoms with Gasteiger partial charge in [0.1, 0.15) is 16.5 Å². The highest BCUT2D eigenvalue weighted by atomic mass is 35.5. The minimum atomic E-state index is 0.0216. The van der Waals surface area contributed by atoms with E-state index in [0.717, 1.165) is 5.56 Å². The molecule has 0 spiro atoms. The van der Waals surface area contributed by atoms with Crippen LogP contribution in [0.4, 0.5) is 0 Å². The molecule has 5 heteroatoms. The molecule has 2 rings (SSSR count). The molecular formula is C15H14Cl3NO. The lowest BCUT2D eigenvalue weighted by molar-refractivity contribution is 0.474. The van der Waals surface area contributed by atoms with Crippen molar-refractivity contribution in [2.24, 2.45) is 5.73 Å². The molecule has 1 unspecified atom stereocenters. The predicted octanol–water partition coefficient (Wildman–Crippen LogP) is 5.33. The van der Waals surface area contributed by atoms with E-state index in [1.165, 1.54) is 0 Å². The number of nitrogens with two attached hydrogens (primary N) is 1. The normalized spacial score (nSPS) is 12.2. The van der Waals surface area contributed by atoms with Gasteiger partial charge in [-0.15, -0.1) is 0 Å². The Morgan fingerprint density at radius 1 is 1.10 bits per heavy atom. The van der Waals surface area contributed by atoms with Gasteiger partial charge in [0, 0.05) is 11.1 Å². The number of ether oxygens (including phenoxy) is 1. The Morgan fingerprint density at radius 2 is 1.85 bits per heavy atom. The summed E-state index contributed by atoms with van der Waals surface area (Å²) in [6.45, 7) is 1.94. The zero-order valence-electron chi connectivity index (χ0n) is 10.9. The number of benzene rings is 2. The van der Waals surface area contributed by atoms with Crippen LogP contribution in [0.3, 0.4) is 0 Å². The minimum Gasteiger partial charge on any atom is -0.455 e. The predicted molar refractivity (Wildman–Crippen MR) is 85.3 cm³/mol. The smallest absolute Gasteiger partial charge is 0.147 e. The van der Waals surface area contributed by atoms with E-state index in [-0.39, 0.29) is 6.04 Å². The SMILES string of the molecule is CC(N)Cc1ccc(Cl)cc1Oc1cccc(Cl)c1Cl. The van der Waals surface area contributed by atoms with E-state index in [9.17, 15) is 0 Å². The van der Waals surface area contributed by atoms with Crippen molar-refractivity contribution in [1.29, 1.82) is 0 Å². The zero-order chi connectivity index (χ0) is 14.7. The van der Waals surface area contributed by atoms with Gasteiger partial charge in [0.25, 0.3) is 0 Å². The van der Waals surface area contributed by atoms with E-state index in [1.54, 1.807) is 24.3 Å². The van der Waals surface area contributed by atoms with E-state index in [2.05, 4.69) is 0 Å². The number of halogens is 3. The van der Waals surface area contributed by atoms with Crippen LogP contribution in [-0.4, -0.2) is 6.04 Å². The van der Waals surface area contributed by atoms with Gasteiger partial charge in [-0.05, 0) is 43.2 Å². The largest absolute Gasteiger partial charge is 0.455 e. The number of hydrogen-bond acceptors (Lipinski definition) is 2. The Labute approximate surface area is 133 Å². The monoisotopic (exact) mass is 329 g/mol. The summed E-state index contributed by atoms with van der Waals surface area (Å²) in [4.78, 5) is 0. The van der Waals surface area contributed by atoms with E-state index < -0.39 is 0 Å². The molecule has 0 aromatic heterocycles. The average molecular weight is 331 g/mol. The molecule has 0 aliphatic rings. The van der Waals surface area contributed by atoms with Crippen molar-refractivity contribution in [2.45, 2.75) is 19.4 Å². The van der Waals surface area contributed by atoms with Crippen LogP contribution in [0.5, 0.6) is 11.5 Å². The molecule has 2 N–H and O–H groups in total. The molecule has 106 valence electrons. The van der Waals surface area contributed by atoms with E-state index in [1.807, 2.05) is 19.1 Å². The van der Waals surface area contributed by atoms with Gasteiger partial charge < -0.3 is 10.5 Å². The standard InChI is InChI=1S/C15H14Cl3NO/c1-9(19)7-10-5-6-11(16)8-14(10)20-13-4-2-3-12(17)15(13)18/h2-6,8-9H,7,19H2,1H3. The Balaban J connectivity index is 2.36. The van der Waals surface area contributed by atoms with Crippen molar-refractivity contribution < 1.29 is 4.74 Å². The third-order valence-corrected chi connectivity index (χ3v) is 3.74. The van der Waals surface area contributed by atoms with Crippen LogP contribution >= 0.6 is 34.8 Å². The third-order valence-electron chi connectivity index (χ3n) is 2.71. The van der Waals surface area contributed by atoms with Crippen molar-refractivity contribution in [3.63, 3.8) is 0 Å². The second-order valence-electron chi connectivity index (χ2n) is 4.59. The maximum atomic E-state index is 6.13.